The standard InChI is InChI=1S/C22H26N2O3/c1-2-3-7-14-23-21(25)19-15-20(19)22(26)24-16-10-12-18(13-11-16)27-17-8-5-4-6-9-17/h4-6,8-13,19-20H,2-3,7,14-15H2,1H3,(H,23,25)(H,24,26). The molecule has 0 saturated heterocycles. The van der Waals surface area contributed by atoms with E-state index in [1.54, 1.807) is 12.1 Å². The molecule has 2 aromatic carbocycles. The van der Waals surface area contributed by atoms with Gasteiger partial charge in [-0.1, -0.05) is 38.0 Å². The summed E-state index contributed by atoms with van der Waals surface area (Å²) in [6.45, 7) is 2.82. The third-order valence-corrected chi connectivity index (χ3v) is 4.64. The van der Waals surface area contributed by atoms with Crippen LogP contribution < -0.4 is 15.4 Å². The van der Waals surface area contributed by atoms with Crippen LogP contribution in [0.3, 0.4) is 0 Å². The summed E-state index contributed by atoms with van der Waals surface area (Å²) in [6.07, 6.45) is 3.85. The third-order valence-electron chi connectivity index (χ3n) is 4.64. The largest absolute Gasteiger partial charge is 0.457 e. The van der Waals surface area contributed by atoms with E-state index in [-0.39, 0.29) is 23.7 Å². The molecule has 0 bridgehead atoms. The van der Waals surface area contributed by atoms with Crippen molar-refractivity contribution < 1.29 is 14.3 Å². The quantitative estimate of drug-likeness (QED) is 0.648. The van der Waals surface area contributed by atoms with Crippen LogP contribution >= 0.6 is 0 Å². The zero-order valence-electron chi connectivity index (χ0n) is 15.6. The summed E-state index contributed by atoms with van der Waals surface area (Å²) in [4.78, 5) is 24.4. The number of benzene rings is 2. The topological polar surface area (TPSA) is 67.4 Å². The SMILES string of the molecule is CCCCCNC(=O)C1CC1C(=O)Nc1ccc(Oc2ccccc2)cc1. The number of unbranched alkanes of at least 4 members (excludes halogenated alkanes) is 2. The van der Waals surface area contributed by atoms with Crippen molar-refractivity contribution in [2.24, 2.45) is 11.8 Å². The number of carbonyl (C=O) groups excluding carboxylic acids is 2. The van der Waals surface area contributed by atoms with Crippen LogP contribution in [0.15, 0.2) is 54.6 Å². The molecule has 0 spiro atoms. The van der Waals surface area contributed by atoms with Crippen LogP contribution in [0.4, 0.5) is 5.69 Å². The first-order valence-electron chi connectivity index (χ1n) is 9.59. The number of amides is 2. The van der Waals surface area contributed by atoms with Crippen LogP contribution in [0.1, 0.15) is 32.6 Å². The Morgan fingerprint density at radius 1 is 0.926 bits per heavy atom. The smallest absolute Gasteiger partial charge is 0.228 e. The summed E-state index contributed by atoms with van der Waals surface area (Å²) < 4.78 is 5.74. The molecule has 0 heterocycles. The van der Waals surface area contributed by atoms with Gasteiger partial charge in [0.1, 0.15) is 11.5 Å². The maximum Gasteiger partial charge on any atom is 0.228 e. The van der Waals surface area contributed by atoms with Crippen LogP contribution in [0, 0.1) is 11.8 Å². The molecule has 0 aliphatic heterocycles. The first-order valence-corrected chi connectivity index (χ1v) is 9.59. The molecule has 3 rings (SSSR count). The van der Waals surface area contributed by atoms with Crippen molar-refractivity contribution in [2.45, 2.75) is 32.6 Å². The highest BCUT2D eigenvalue weighted by Gasteiger charge is 2.47. The molecule has 27 heavy (non-hydrogen) atoms. The minimum absolute atomic E-state index is 0.00198. The number of hydrogen-bond acceptors (Lipinski definition) is 3. The van der Waals surface area contributed by atoms with Gasteiger partial charge in [-0.05, 0) is 49.2 Å². The number of anilines is 1. The fourth-order valence-electron chi connectivity index (χ4n) is 2.96. The van der Waals surface area contributed by atoms with E-state index in [0.29, 0.717) is 24.4 Å². The lowest BCUT2D eigenvalue weighted by atomic mass is 10.2. The molecule has 1 aliphatic rings. The minimum atomic E-state index is -0.226. The molecule has 2 amide bonds. The van der Waals surface area contributed by atoms with E-state index in [1.165, 1.54) is 0 Å². The van der Waals surface area contributed by atoms with Crippen LogP contribution in [0.25, 0.3) is 0 Å². The Kier molecular flexibility index (Phi) is 6.47. The van der Waals surface area contributed by atoms with Gasteiger partial charge in [-0.15, -0.1) is 0 Å². The van der Waals surface area contributed by atoms with Crippen LogP contribution in [-0.4, -0.2) is 18.4 Å². The van der Waals surface area contributed by atoms with Gasteiger partial charge in [0.25, 0.3) is 0 Å². The fraction of sp³-hybridized carbons (Fsp3) is 0.364. The van der Waals surface area contributed by atoms with Crippen molar-refractivity contribution in [3.63, 3.8) is 0 Å². The van der Waals surface area contributed by atoms with Crippen molar-refractivity contribution in [3.8, 4) is 11.5 Å². The molecule has 0 radical (unpaired) electrons. The maximum atomic E-state index is 12.3. The minimum Gasteiger partial charge on any atom is -0.457 e. The molecule has 142 valence electrons. The molecule has 5 nitrogen and oxygen atoms in total. The van der Waals surface area contributed by atoms with Gasteiger partial charge in [-0.2, -0.15) is 0 Å². The van der Waals surface area contributed by atoms with E-state index in [9.17, 15) is 9.59 Å². The van der Waals surface area contributed by atoms with Crippen LogP contribution in [0.5, 0.6) is 11.5 Å². The molecule has 1 aliphatic carbocycles. The number of rotatable bonds is 9. The monoisotopic (exact) mass is 366 g/mol. The van der Waals surface area contributed by atoms with Gasteiger partial charge in [0.2, 0.25) is 11.8 Å². The van der Waals surface area contributed by atoms with Crippen molar-refractivity contribution in [3.05, 3.63) is 54.6 Å². The molecule has 2 aromatic rings. The van der Waals surface area contributed by atoms with Crippen molar-refractivity contribution in [1.29, 1.82) is 0 Å². The molecule has 0 aromatic heterocycles. The number of nitrogens with one attached hydrogen (secondary N) is 2. The summed E-state index contributed by atoms with van der Waals surface area (Å²) in [5, 5.41) is 5.80. The van der Waals surface area contributed by atoms with Gasteiger partial charge in [0.15, 0.2) is 0 Å². The van der Waals surface area contributed by atoms with E-state index in [0.717, 1.165) is 25.0 Å². The van der Waals surface area contributed by atoms with Crippen molar-refractivity contribution in [2.75, 3.05) is 11.9 Å². The second-order valence-corrected chi connectivity index (χ2v) is 6.88. The van der Waals surface area contributed by atoms with E-state index < -0.39 is 0 Å². The third kappa shape index (κ3) is 5.58. The molecule has 1 fully saturated rings. The Morgan fingerprint density at radius 2 is 1.59 bits per heavy atom. The van der Waals surface area contributed by atoms with E-state index in [2.05, 4.69) is 17.6 Å². The predicted octanol–water partition coefficient (Wildman–Crippen LogP) is 4.36. The highest BCUT2D eigenvalue weighted by atomic mass is 16.5. The highest BCUT2D eigenvalue weighted by molar-refractivity contribution is 5.99. The summed E-state index contributed by atoms with van der Waals surface area (Å²) in [7, 11) is 0. The zero-order chi connectivity index (χ0) is 19.1. The average molecular weight is 366 g/mol. The molecule has 2 N–H and O–H groups in total. The molecule has 1 saturated carbocycles. The second-order valence-electron chi connectivity index (χ2n) is 6.88. The summed E-state index contributed by atoms with van der Waals surface area (Å²) in [5.41, 5.74) is 0.703. The number of ether oxygens (including phenoxy) is 1. The number of hydrogen-bond donors (Lipinski definition) is 2. The number of para-hydroxylation sites is 1. The fourth-order valence-corrected chi connectivity index (χ4v) is 2.96. The van der Waals surface area contributed by atoms with E-state index in [4.69, 9.17) is 4.74 Å². The molecular weight excluding hydrogens is 340 g/mol. The van der Waals surface area contributed by atoms with E-state index in [1.807, 2.05) is 42.5 Å². The highest BCUT2D eigenvalue weighted by Crippen LogP contribution is 2.39. The van der Waals surface area contributed by atoms with Gasteiger partial charge >= 0.3 is 0 Å². The van der Waals surface area contributed by atoms with Gasteiger partial charge in [0.05, 0.1) is 11.8 Å². The molecule has 2 atom stereocenters. The van der Waals surface area contributed by atoms with Crippen molar-refractivity contribution in [1.82, 2.24) is 5.32 Å². The molecule has 5 heteroatoms. The first-order chi connectivity index (χ1) is 13.2. The van der Waals surface area contributed by atoms with Crippen LogP contribution in [0.2, 0.25) is 0 Å². The average Bonchev–Trinajstić information content (AvgIpc) is 3.49. The van der Waals surface area contributed by atoms with E-state index >= 15 is 0 Å². The molecular formula is C22H26N2O3. The van der Waals surface area contributed by atoms with Crippen molar-refractivity contribution >= 4 is 17.5 Å². The van der Waals surface area contributed by atoms with Gasteiger partial charge < -0.3 is 15.4 Å². The summed E-state index contributed by atoms with van der Waals surface area (Å²) in [6, 6.07) is 16.8. The van der Waals surface area contributed by atoms with Crippen LogP contribution in [-0.2, 0) is 9.59 Å². The first kappa shape index (κ1) is 19.0. The Balaban J connectivity index is 1.44. The molecule has 2 unspecified atom stereocenters. The van der Waals surface area contributed by atoms with Gasteiger partial charge in [0, 0.05) is 12.2 Å². The van der Waals surface area contributed by atoms with Gasteiger partial charge in [-0.25, -0.2) is 0 Å². The normalized spacial score (nSPS) is 17.8. The maximum absolute atomic E-state index is 12.3. The Labute approximate surface area is 160 Å². The second kappa shape index (κ2) is 9.21. The lowest BCUT2D eigenvalue weighted by molar-refractivity contribution is -0.125. The lowest BCUT2D eigenvalue weighted by Crippen LogP contribution is -2.28. The Hall–Kier alpha value is -2.82. The zero-order valence-corrected chi connectivity index (χ0v) is 15.6. The predicted molar refractivity (Wildman–Crippen MR) is 106 cm³/mol. The van der Waals surface area contributed by atoms with Gasteiger partial charge in [-0.3, -0.25) is 9.59 Å². The number of carbonyl (C=O) groups is 2. The summed E-state index contributed by atoms with van der Waals surface area (Å²) >= 11 is 0. The Morgan fingerprint density at radius 3 is 2.30 bits per heavy atom. The lowest BCUT2D eigenvalue weighted by Gasteiger charge is -2.08. The summed E-state index contributed by atoms with van der Waals surface area (Å²) in [5.74, 6) is 0.956. The Bertz CT molecular complexity index is 759.